The van der Waals surface area contributed by atoms with Gasteiger partial charge in [0.15, 0.2) is 0 Å². The highest BCUT2D eigenvalue weighted by atomic mass is 28.4. The van der Waals surface area contributed by atoms with Gasteiger partial charge in [0.05, 0.1) is 0 Å². The van der Waals surface area contributed by atoms with Gasteiger partial charge < -0.3 is 13.0 Å². The molecule has 5 heteroatoms. The van der Waals surface area contributed by atoms with Crippen LogP contribution in [-0.4, -0.2) is 32.5 Å². The van der Waals surface area contributed by atoms with Crippen molar-refractivity contribution >= 4 is 19.3 Å². The van der Waals surface area contributed by atoms with Crippen LogP contribution in [0.15, 0.2) is 0 Å². The Labute approximate surface area is 79.3 Å². The van der Waals surface area contributed by atoms with E-state index in [-0.39, 0.29) is 0 Å². The van der Waals surface area contributed by atoms with Crippen LogP contribution in [0, 0.1) is 0 Å². The molecule has 0 heterocycles. The van der Waals surface area contributed by atoms with Gasteiger partial charge in [-0.1, -0.05) is 13.8 Å². The quantitative estimate of drug-likeness (QED) is 0.434. The molecule has 1 unspecified atom stereocenters. The first-order valence-electron chi connectivity index (χ1n) is 4.62. The van der Waals surface area contributed by atoms with E-state index in [1.54, 1.807) is 0 Å². The van der Waals surface area contributed by atoms with E-state index < -0.39 is 19.3 Å². The molecule has 1 atom stereocenters. The van der Waals surface area contributed by atoms with Gasteiger partial charge in [-0.2, -0.15) is 0 Å². The molecule has 0 aliphatic heterocycles. The van der Waals surface area contributed by atoms with Gasteiger partial charge in [0.1, 0.15) is 0 Å². The second-order valence-electron chi connectivity index (χ2n) is 2.63. The molecule has 12 heavy (non-hydrogen) atoms. The summed E-state index contributed by atoms with van der Waals surface area (Å²) in [5, 5.41) is 0. The lowest BCUT2D eigenvalue weighted by Crippen LogP contribution is -2.22. The van der Waals surface area contributed by atoms with Crippen molar-refractivity contribution in [1.29, 1.82) is 0 Å². The van der Waals surface area contributed by atoms with Gasteiger partial charge in [-0.3, -0.25) is 0 Å². The summed E-state index contributed by atoms with van der Waals surface area (Å²) < 4.78 is 16.2. The molecule has 0 N–H and O–H groups in total. The van der Waals surface area contributed by atoms with E-state index in [9.17, 15) is 0 Å². The van der Waals surface area contributed by atoms with Crippen molar-refractivity contribution < 1.29 is 13.0 Å². The normalized spacial score (nSPS) is 14.2. The van der Waals surface area contributed by atoms with Crippen molar-refractivity contribution in [1.82, 2.24) is 0 Å². The third-order valence-electron chi connectivity index (χ3n) is 1.29. The van der Waals surface area contributed by atoms with Crippen molar-refractivity contribution in [2.24, 2.45) is 0 Å². The van der Waals surface area contributed by atoms with Gasteiger partial charge >= 0.3 is 9.28 Å². The van der Waals surface area contributed by atoms with E-state index >= 15 is 0 Å². The van der Waals surface area contributed by atoms with Gasteiger partial charge in [-0.25, -0.2) is 0 Å². The lowest BCUT2D eigenvalue weighted by atomic mass is 10.5. The first kappa shape index (κ1) is 12.3. The molecule has 0 spiro atoms. The molecule has 0 saturated carbocycles. The van der Waals surface area contributed by atoms with E-state index in [1.165, 1.54) is 0 Å². The maximum atomic E-state index is 5.48. The van der Waals surface area contributed by atoms with Gasteiger partial charge in [-0.15, -0.1) is 0 Å². The zero-order valence-electron chi connectivity index (χ0n) is 8.34. The predicted octanol–water partition coefficient (Wildman–Crippen LogP) is 0.705. The minimum absolute atomic E-state index is 0.738. The fraction of sp³-hybridized carbons (Fsp3) is 1.00. The molecule has 0 aromatic rings. The first-order valence-corrected chi connectivity index (χ1v) is 7.87. The molecule has 0 rings (SSSR count). The topological polar surface area (TPSA) is 27.7 Å². The maximum Gasteiger partial charge on any atom is 0.309 e. The van der Waals surface area contributed by atoms with Crippen LogP contribution in [0.3, 0.4) is 0 Å². The number of rotatable bonds is 8. The molecule has 0 bridgehead atoms. The average molecular weight is 208 g/mol. The monoisotopic (exact) mass is 208 g/mol. The highest BCUT2D eigenvalue weighted by Crippen LogP contribution is 1.90. The summed E-state index contributed by atoms with van der Waals surface area (Å²) in [4.78, 5) is 0. The Hall–Kier alpha value is 0.314. The first-order chi connectivity index (χ1) is 5.81. The van der Waals surface area contributed by atoms with Crippen LogP contribution < -0.4 is 0 Å². The second kappa shape index (κ2) is 9.40. The highest BCUT2D eigenvalue weighted by molar-refractivity contribution is 6.49. The van der Waals surface area contributed by atoms with Crippen LogP contribution in [0.2, 0.25) is 6.55 Å². The minimum Gasteiger partial charge on any atom is -0.422 e. The molecule has 0 aromatic carbocycles. The van der Waals surface area contributed by atoms with E-state index in [0.29, 0.717) is 0 Å². The minimum atomic E-state index is -1.33. The molecule has 0 aliphatic carbocycles. The molecule has 0 fully saturated rings. The van der Waals surface area contributed by atoms with E-state index in [0.717, 1.165) is 26.1 Å². The van der Waals surface area contributed by atoms with E-state index in [2.05, 4.69) is 20.4 Å². The van der Waals surface area contributed by atoms with Gasteiger partial charge in [0, 0.05) is 13.2 Å². The molecule has 0 saturated heterocycles. The third-order valence-corrected chi connectivity index (χ3v) is 4.87. The fourth-order valence-corrected chi connectivity index (χ4v) is 3.19. The Kier molecular flexibility index (Phi) is 9.65. The van der Waals surface area contributed by atoms with E-state index in [4.69, 9.17) is 13.0 Å². The smallest absolute Gasteiger partial charge is 0.309 e. The van der Waals surface area contributed by atoms with Crippen LogP contribution in [-0.2, 0) is 13.0 Å². The Balaban J connectivity index is 3.02. The van der Waals surface area contributed by atoms with Gasteiger partial charge in [0.2, 0.25) is 0 Å². The van der Waals surface area contributed by atoms with Crippen LogP contribution >= 0.6 is 0 Å². The number of hydrogen-bond acceptors (Lipinski definition) is 3. The Morgan fingerprint density at radius 3 is 2.42 bits per heavy atom. The van der Waals surface area contributed by atoms with Crippen molar-refractivity contribution in [3.63, 3.8) is 0 Å². The molecule has 0 amide bonds. The van der Waals surface area contributed by atoms with Crippen LogP contribution in [0.25, 0.3) is 0 Å². The summed E-state index contributed by atoms with van der Waals surface area (Å²) in [5.41, 5.74) is 0. The average Bonchev–Trinajstić information content (AvgIpc) is 2.09. The molecule has 0 aromatic heterocycles. The standard InChI is InChI=1S/C7H20O3Si2/c1-4-6-8-11-10-12(3)9-7-5-2/h12H,4-7,11H2,1-3H3. The lowest BCUT2D eigenvalue weighted by molar-refractivity contribution is 0.238. The molecule has 0 aliphatic rings. The zero-order chi connectivity index (χ0) is 9.23. The van der Waals surface area contributed by atoms with Crippen molar-refractivity contribution in [2.75, 3.05) is 13.2 Å². The van der Waals surface area contributed by atoms with Crippen molar-refractivity contribution in [2.45, 2.75) is 33.2 Å². The molecule has 0 radical (unpaired) electrons. The summed E-state index contributed by atoms with van der Waals surface area (Å²) in [5.74, 6) is 0. The fourth-order valence-electron chi connectivity index (χ4n) is 0.679. The van der Waals surface area contributed by atoms with Crippen LogP contribution in [0.4, 0.5) is 0 Å². The summed E-state index contributed by atoms with van der Waals surface area (Å²) in [6, 6.07) is 0. The lowest BCUT2D eigenvalue weighted by Gasteiger charge is -2.11. The Morgan fingerprint density at radius 1 is 1.17 bits per heavy atom. The maximum absolute atomic E-state index is 5.48. The highest BCUT2D eigenvalue weighted by Gasteiger charge is 2.03. The Morgan fingerprint density at radius 2 is 1.83 bits per heavy atom. The molecular weight excluding hydrogens is 188 g/mol. The summed E-state index contributed by atoms with van der Waals surface area (Å²) >= 11 is 0. The predicted molar refractivity (Wildman–Crippen MR) is 55.1 cm³/mol. The molecule has 74 valence electrons. The second-order valence-corrected chi connectivity index (χ2v) is 6.08. The summed E-state index contributed by atoms with van der Waals surface area (Å²) in [7, 11) is -2.06. The summed E-state index contributed by atoms with van der Waals surface area (Å²) in [6.45, 7) is 7.92. The largest absolute Gasteiger partial charge is 0.422 e. The third kappa shape index (κ3) is 8.41. The molecular formula is C7H20O3Si2. The molecule has 3 nitrogen and oxygen atoms in total. The zero-order valence-corrected chi connectivity index (χ0v) is 10.9. The van der Waals surface area contributed by atoms with Gasteiger partial charge in [-0.05, 0) is 19.4 Å². The number of hydrogen-bond donors (Lipinski definition) is 0. The SMILES string of the molecule is CCCO[SiH2]O[SiH](C)OCCC. The van der Waals surface area contributed by atoms with Crippen molar-refractivity contribution in [3.8, 4) is 0 Å². The van der Waals surface area contributed by atoms with E-state index in [1.807, 2.05) is 0 Å². The van der Waals surface area contributed by atoms with Crippen molar-refractivity contribution in [3.05, 3.63) is 0 Å². The summed E-state index contributed by atoms with van der Waals surface area (Å²) in [6.07, 6.45) is 2.14. The Bertz CT molecular complexity index is 92.7. The van der Waals surface area contributed by atoms with Crippen LogP contribution in [0.1, 0.15) is 26.7 Å². The van der Waals surface area contributed by atoms with Gasteiger partial charge in [0.25, 0.3) is 10.0 Å². The van der Waals surface area contributed by atoms with Crippen LogP contribution in [0.5, 0.6) is 0 Å².